The molecular formula is C17H15ClN2O4. The highest BCUT2D eigenvalue weighted by Gasteiger charge is 2.12. The van der Waals surface area contributed by atoms with E-state index in [0.717, 1.165) is 0 Å². The minimum absolute atomic E-state index is 0.0702. The zero-order valence-corrected chi connectivity index (χ0v) is 13.4. The van der Waals surface area contributed by atoms with Gasteiger partial charge in [-0.1, -0.05) is 35.9 Å². The zero-order chi connectivity index (χ0) is 16.8. The summed E-state index contributed by atoms with van der Waals surface area (Å²) in [5.74, 6) is 1.73. The minimum atomic E-state index is -0.0702. The van der Waals surface area contributed by atoms with Gasteiger partial charge in [0, 0.05) is 0 Å². The van der Waals surface area contributed by atoms with Gasteiger partial charge in [-0.25, -0.2) is 0 Å². The quantitative estimate of drug-likeness (QED) is 0.707. The third-order valence-electron chi connectivity index (χ3n) is 3.12. The summed E-state index contributed by atoms with van der Waals surface area (Å²) >= 11 is 6.11. The van der Waals surface area contributed by atoms with Crippen LogP contribution in [0, 0.1) is 0 Å². The van der Waals surface area contributed by atoms with Crippen LogP contribution < -0.4 is 9.47 Å². The smallest absolute Gasteiger partial charge is 0.254 e. The lowest BCUT2D eigenvalue weighted by Crippen LogP contribution is -2.04. The number of ether oxygens (including phenoxy) is 2. The first-order valence-corrected chi connectivity index (χ1v) is 7.68. The normalized spacial score (nSPS) is 10.6. The van der Waals surface area contributed by atoms with Crippen molar-refractivity contribution in [1.29, 1.82) is 0 Å². The molecule has 1 heterocycles. The van der Waals surface area contributed by atoms with Gasteiger partial charge in [0.05, 0.1) is 17.2 Å². The number of para-hydroxylation sites is 2. The first kappa shape index (κ1) is 16.3. The first-order valence-electron chi connectivity index (χ1n) is 7.30. The summed E-state index contributed by atoms with van der Waals surface area (Å²) in [6, 6.07) is 14.4. The number of aromatic nitrogens is 2. The summed E-state index contributed by atoms with van der Waals surface area (Å²) in [4.78, 5) is 0. The summed E-state index contributed by atoms with van der Waals surface area (Å²) in [7, 11) is 0. The summed E-state index contributed by atoms with van der Waals surface area (Å²) in [6.45, 7) is 0.216. The van der Waals surface area contributed by atoms with Crippen LogP contribution in [0.1, 0.15) is 5.89 Å². The first-order chi connectivity index (χ1) is 11.8. The highest BCUT2D eigenvalue weighted by Crippen LogP contribution is 2.28. The number of aliphatic hydroxyl groups excluding tert-OH is 1. The lowest BCUT2D eigenvalue weighted by molar-refractivity contribution is 0.189. The Labute approximate surface area is 143 Å². The van der Waals surface area contributed by atoms with Crippen molar-refractivity contribution in [2.45, 2.75) is 6.61 Å². The Bertz CT molecular complexity index is 807. The molecule has 0 unspecified atom stereocenters. The molecule has 3 aromatic rings. The van der Waals surface area contributed by atoms with Gasteiger partial charge in [-0.2, -0.15) is 0 Å². The molecule has 0 aliphatic carbocycles. The molecule has 24 heavy (non-hydrogen) atoms. The van der Waals surface area contributed by atoms with E-state index >= 15 is 0 Å². The van der Waals surface area contributed by atoms with E-state index in [1.54, 1.807) is 24.3 Å². The van der Waals surface area contributed by atoms with Crippen molar-refractivity contribution in [3.8, 4) is 23.0 Å². The van der Waals surface area contributed by atoms with Gasteiger partial charge < -0.3 is 19.0 Å². The van der Waals surface area contributed by atoms with E-state index in [-0.39, 0.29) is 19.8 Å². The SMILES string of the molecule is OCCOc1ccccc1OCc1nnc(-c2ccccc2Cl)o1. The summed E-state index contributed by atoms with van der Waals surface area (Å²) in [5.41, 5.74) is 0.671. The maximum Gasteiger partial charge on any atom is 0.254 e. The molecule has 3 rings (SSSR count). The van der Waals surface area contributed by atoms with Gasteiger partial charge in [0.25, 0.3) is 5.89 Å². The fourth-order valence-corrected chi connectivity index (χ4v) is 2.26. The molecule has 1 N–H and O–H groups in total. The van der Waals surface area contributed by atoms with E-state index in [1.165, 1.54) is 0 Å². The van der Waals surface area contributed by atoms with E-state index in [1.807, 2.05) is 24.3 Å². The molecule has 0 aliphatic rings. The van der Waals surface area contributed by atoms with Gasteiger partial charge in [-0.3, -0.25) is 0 Å². The van der Waals surface area contributed by atoms with Crippen LogP contribution in [0.4, 0.5) is 0 Å². The number of nitrogens with zero attached hydrogens (tertiary/aromatic N) is 2. The van der Waals surface area contributed by atoms with Crippen LogP contribution in [0.15, 0.2) is 52.9 Å². The molecule has 124 valence electrons. The molecular weight excluding hydrogens is 332 g/mol. The second kappa shape index (κ2) is 7.81. The topological polar surface area (TPSA) is 77.6 Å². The average molecular weight is 347 g/mol. The van der Waals surface area contributed by atoms with Crippen LogP contribution in [0.3, 0.4) is 0 Å². The van der Waals surface area contributed by atoms with Crippen molar-refractivity contribution < 1.29 is 19.0 Å². The van der Waals surface area contributed by atoms with Crippen LogP contribution in [0.5, 0.6) is 11.5 Å². The maximum absolute atomic E-state index is 8.85. The van der Waals surface area contributed by atoms with E-state index in [2.05, 4.69) is 10.2 Å². The van der Waals surface area contributed by atoms with E-state index < -0.39 is 0 Å². The van der Waals surface area contributed by atoms with Crippen molar-refractivity contribution >= 4 is 11.6 Å². The third kappa shape index (κ3) is 3.84. The van der Waals surface area contributed by atoms with E-state index in [0.29, 0.717) is 33.9 Å². The molecule has 0 bridgehead atoms. The fourth-order valence-electron chi connectivity index (χ4n) is 2.04. The van der Waals surface area contributed by atoms with Crippen LogP contribution in [0.2, 0.25) is 5.02 Å². The Hall–Kier alpha value is -2.57. The lowest BCUT2D eigenvalue weighted by atomic mass is 10.2. The van der Waals surface area contributed by atoms with Gasteiger partial charge in [0.1, 0.15) is 6.61 Å². The second-order valence-corrected chi connectivity index (χ2v) is 5.20. The molecule has 0 spiro atoms. The number of hydrogen-bond donors (Lipinski definition) is 1. The number of hydrogen-bond acceptors (Lipinski definition) is 6. The van der Waals surface area contributed by atoms with Crippen molar-refractivity contribution in [3.63, 3.8) is 0 Å². The molecule has 1 aromatic heterocycles. The molecule has 0 radical (unpaired) electrons. The van der Waals surface area contributed by atoms with E-state index in [4.69, 9.17) is 30.6 Å². The van der Waals surface area contributed by atoms with Gasteiger partial charge in [0.2, 0.25) is 5.89 Å². The summed E-state index contributed by atoms with van der Waals surface area (Å²) in [5, 5.41) is 17.3. The lowest BCUT2D eigenvalue weighted by Gasteiger charge is -2.10. The molecule has 2 aromatic carbocycles. The number of rotatable bonds is 7. The fraction of sp³-hybridized carbons (Fsp3) is 0.176. The predicted octanol–water partition coefficient (Wildman–Crippen LogP) is 3.34. The minimum Gasteiger partial charge on any atom is -0.487 e. The number of halogens is 1. The van der Waals surface area contributed by atoms with Gasteiger partial charge >= 0.3 is 0 Å². The Morgan fingerprint density at radius 3 is 2.42 bits per heavy atom. The number of aliphatic hydroxyl groups is 1. The van der Waals surface area contributed by atoms with Crippen LogP contribution >= 0.6 is 11.6 Å². The van der Waals surface area contributed by atoms with Crippen LogP contribution in [0.25, 0.3) is 11.5 Å². The van der Waals surface area contributed by atoms with Crippen LogP contribution in [-0.4, -0.2) is 28.5 Å². The van der Waals surface area contributed by atoms with Gasteiger partial charge in [0.15, 0.2) is 18.1 Å². The third-order valence-corrected chi connectivity index (χ3v) is 3.45. The molecule has 0 atom stereocenters. The molecule has 0 aliphatic heterocycles. The Kier molecular flexibility index (Phi) is 5.30. The maximum atomic E-state index is 8.85. The van der Waals surface area contributed by atoms with Crippen molar-refractivity contribution in [2.24, 2.45) is 0 Å². The van der Waals surface area contributed by atoms with E-state index in [9.17, 15) is 0 Å². The van der Waals surface area contributed by atoms with Gasteiger partial charge in [-0.05, 0) is 24.3 Å². The van der Waals surface area contributed by atoms with Crippen molar-refractivity contribution in [2.75, 3.05) is 13.2 Å². The highest BCUT2D eigenvalue weighted by atomic mass is 35.5. The second-order valence-electron chi connectivity index (χ2n) is 4.79. The van der Waals surface area contributed by atoms with Crippen molar-refractivity contribution in [3.05, 3.63) is 59.4 Å². The molecule has 0 saturated heterocycles. The molecule has 0 amide bonds. The standard InChI is InChI=1S/C17H15ClN2O4/c18-13-6-2-1-5-12(13)17-20-19-16(24-17)11-23-15-8-4-3-7-14(15)22-10-9-21/h1-8,21H,9-11H2. The largest absolute Gasteiger partial charge is 0.487 e. The molecule has 0 fully saturated rings. The summed E-state index contributed by atoms with van der Waals surface area (Å²) < 4.78 is 16.7. The zero-order valence-electron chi connectivity index (χ0n) is 12.7. The van der Waals surface area contributed by atoms with Gasteiger partial charge in [-0.15, -0.1) is 10.2 Å². The Balaban J connectivity index is 1.69. The monoisotopic (exact) mass is 346 g/mol. The average Bonchev–Trinajstić information content (AvgIpc) is 3.08. The predicted molar refractivity (Wildman–Crippen MR) is 88.1 cm³/mol. The molecule has 7 heteroatoms. The van der Waals surface area contributed by atoms with Crippen LogP contribution in [-0.2, 0) is 6.61 Å². The summed E-state index contributed by atoms with van der Waals surface area (Å²) in [6.07, 6.45) is 0. The Morgan fingerprint density at radius 1 is 0.958 bits per heavy atom. The molecule has 0 saturated carbocycles. The Morgan fingerprint density at radius 2 is 1.67 bits per heavy atom. The van der Waals surface area contributed by atoms with Crippen molar-refractivity contribution in [1.82, 2.24) is 10.2 Å². The molecule has 6 nitrogen and oxygen atoms in total. The number of benzene rings is 2. The highest BCUT2D eigenvalue weighted by molar-refractivity contribution is 6.33.